The van der Waals surface area contributed by atoms with Crippen molar-refractivity contribution in [2.45, 2.75) is 45.3 Å². The number of fused-ring (bicyclic) bond motifs is 3. The van der Waals surface area contributed by atoms with Crippen LogP contribution in [0.1, 0.15) is 33.6 Å². The number of H-pyrrole nitrogens is 1. The number of hydrogen-bond acceptors (Lipinski definition) is 3. The van der Waals surface area contributed by atoms with Crippen LogP contribution < -0.4 is 0 Å². The normalized spacial score (nSPS) is 15.5. The lowest BCUT2D eigenvalue weighted by molar-refractivity contribution is 0.0101. The SMILES string of the molecule is CC(C)(C)OC(=O)N1CCC(O)CC1.c1ccc2c(c1)[nH]c1ccccc12. The standard InChI is InChI=1S/C12H9N.C10H19NO3/c1-3-7-11-9(5-1)10-6-2-4-8-12(10)13-11;1-10(2,3)14-9(13)11-6-4-8(12)5-7-11/h1-8,13H;8,12H,4-7H2,1-3H3. The zero-order chi connectivity index (χ0) is 19.4. The van der Waals surface area contributed by atoms with Crippen LogP contribution in [-0.2, 0) is 4.74 Å². The number of hydrogen-bond donors (Lipinski definition) is 2. The van der Waals surface area contributed by atoms with Gasteiger partial charge in [0.2, 0.25) is 0 Å². The molecule has 0 spiro atoms. The molecule has 1 aromatic heterocycles. The summed E-state index contributed by atoms with van der Waals surface area (Å²) in [5.41, 5.74) is 1.99. The molecule has 0 bridgehead atoms. The Bertz CT molecular complexity index is 852. The van der Waals surface area contributed by atoms with E-state index in [1.54, 1.807) is 4.90 Å². The van der Waals surface area contributed by atoms with Crippen LogP contribution in [0.25, 0.3) is 21.8 Å². The Hall–Kier alpha value is -2.53. The van der Waals surface area contributed by atoms with E-state index in [1.807, 2.05) is 20.8 Å². The van der Waals surface area contributed by atoms with Crippen molar-refractivity contribution in [2.24, 2.45) is 0 Å². The molecular weight excluding hydrogens is 340 g/mol. The van der Waals surface area contributed by atoms with Gasteiger partial charge in [-0.3, -0.25) is 0 Å². The number of piperidine rings is 1. The van der Waals surface area contributed by atoms with Crippen LogP contribution in [-0.4, -0.2) is 45.9 Å². The number of aromatic nitrogens is 1. The van der Waals surface area contributed by atoms with Gasteiger partial charge in [-0.15, -0.1) is 0 Å². The van der Waals surface area contributed by atoms with Crippen LogP contribution >= 0.6 is 0 Å². The topological polar surface area (TPSA) is 65.6 Å². The molecule has 0 aliphatic carbocycles. The molecule has 0 atom stereocenters. The lowest BCUT2D eigenvalue weighted by Gasteiger charge is -2.31. The molecule has 5 nitrogen and oxygen atoms in total. The summed E-state index contributed by atoms with van der Waals surface area (Å²) in [7, 11) is 0. The van der Waals surface area contributed by atoms with E-state index < -0.39 is 5.60 Å². The summed E-state index contributed by atoms with van der Waals surface area (Å²) in [6.07, 6.45) is 0.775. The Labute approximate surface area is 159 Å². The molecule has 5 heteroatoms. The van der Waals surface area contributed by atoms with E-state index in [1.165, 1.54) is 21.8 Å². The average Bonchev–Trinajstić information content (AvgIpc) is 3.00. The summed E-state index contributed by atoms with van der Waals surface area (Å²) in [6.45, 7) is 6.74. The summed E-state index contributed by atoms with van der Waals surface area (Å²) in [5.74, 6) is 0. The van der Waals surface area contributed by atoms with Gasteiger partial charge in [0.15, 0.2) is 0 Å². The van der Waals surface area contributed by atoms with Crippen LogP contribution in [0.15, 0.2) is 48.5 Å². The molecule has 0 radical (unpaired) electrons. The summed E-state index contributed by atoms with van der Waals surface area (Å²) in [5, 5.41) is 11.9. The van der Waals surface area contributed by atoms with Gasteiger partial charge >= 0.3 is 6.09 Å². The van der Waals surface area contributed by atoms with Crippen LogP contribution in [0.2, 0.25) is 0 Å². The van der Waals surface area contributed by atoms with Gasteiger partial charge in [0.05, 0.1) is 6.10 Å². The van der Waals surface area contributed by atoms with Crippen LogP contribution in [0.3, 0.4) is 0 Å². The molecule has 0 unspecified atom stereocenters. The first kappa shape index (κ1) is 19.2. The van der Waals surface area contributed by atoms with Gasteiger partial charge in [0.1, 0.15) is 5.60 Å². The molecule has 1 saturated heterocycles. The lowest BCUT2D eigenvalue weighted by Crippen LogP contribution is -2.42. The maximum absolute atomic E-state index is 11.5. The maximum atomic E-state index is 11.5. The van der Waals surface area contributed by atoms with Gasteiger partial charge < -0.3 is 19.7 Å². The number of ether oxygens (including phenoxy) is 1. The molecule has 1 aliphatic rings. The molecule has 4 rings (SSSR count). The molecule has 0 saturated carbocycles. The number of carbonyl (C=O) groups excluding carboxylic acids is 1. The highest BCUT2D eigenvalue weighted by molar-refractivity contribution is 6.06. The van der Waals surface area contributed by atoms with E-state index in [0.29, 0.717) is 25.9 Å². The summed E-state index contributed by atoms with van der Waals surface area (Å²) >= 11 is 0. The van der Waals surface area contributed by atoms with Crippen molar-refractivity contribution < 1.29 is 14.6 Å². The first-order valence-corrected chi connectivity index (χ1v) is 9.45. The third-order valence-electron chi connectivity index (χ3n) is 4.53. The molecular formula is C22H28N2O3. The molecule has 2 aromatic carbocycles. The Morgan fingerprint density at radius 1 is 1.00 bits per heavy atom. The van der Waals surface area contributed by atoms with Crippen molar-refractivity contribution in [2.75, 3.05) is 13.1 Å². The Balaban J connectivity index is 0.000000156. The van der Waals surface area contributed by atoms with E-state index in [4.69, 9.17) is 4.74 Å². The minimum atomic E-state index is -0.437. The quantitative estimate of drug-likeness (QED) is 0.604. The van der Waals surface area contributed by atoms with Crippen molar-refractivity contribution in [1.82, 2.24) is 9.88 Å². The molecule has 27 heavy (non-hydrogen) atoms. The number of benzene rings is 2. The monoisotopic (exact) mass is 368 g/mol. The highest BCUT2D eigenvalue weighted by Gasteiger charge is 2.25. The van der Waals surface area contributed by atoms with Gasteiger partial charge in [-0.05, 0) is 45.7 Å². The number of para-hydroxylation sites is 2. The average molecular weight is 368 g/mol. The van der Waals surface area contributed by atoms with Crippen molar-refractivity contribution in [3.63, 3.8) is 0 Å². The van der Waals surface area contributed by atoms with Crippen molar-refractivity contribution in [1.29, 1.82) is 0 Å². The van der Waals surface area contributed by atoms with Crippen molar-refractivity contribution >= 4 is 27.9 Å². The zero-order valence-corrected chi connectivity index (χ0v) is 16.2. The van der Waals surface area contributed by atoms with Gasteiger partial charge in [-0.1, -0.05) is 36.4 Å². The Morgan fingerprint density at radius 2 is 1.48 bits per heavy atom. The minimum absolute atomic E-state index is 0.256. The third kappa shape index (κ3) is 5.01. The number of aliphatic hydroxyl groups is 1. The molecule has 3 aromatic rings. The summed E-state index contributed by atoms with van der Waals surface area (Å²) in [4.78, 5) is 16.6. The number of rotatable bonds is 0. The van der Waals surface area contributed by atoms with Gasteiger partial charge in [-0.25, -0.2) is 4.79 Å². The highest BCUT2D eigenvalue weighted by Crippen LogP contribution is 2.24. The third-order valence-corrected chi connectivity index (χ3v) is 4.53. The molecule has 1 amide bonds. The molecule has 2 N–H and O–H groups in total. The van der Waals surface area contributed by atoms with E-state index in [-0.39, 0.29) is 12.2 Å². The first-order valence-electron chi connectivity index (χ1n) is 9.45. The molecule has 144 valence electrons. The number of aliphatic hydroxyl groups excluding tert-OH is 1. The largest absolute Gasteiger partial charge is 0.444 e. The van der Waals surface area contributed by atoms with E-state index in [0.717, 1.165) is 0 Å². The fraction of sp³-hybridized carbons (Fsp3) is 0.409. The number of carbonyl (C=O) groups is 1. The second kappa shape index (κ2) is 8.01. The Kier molecular flexibility index (Phi) is 5.71. The smallest absolute Gasteiger partial charge is 0.410 e. The number of nitrogens with one attached hydrogen (secondary N) is 1. The summed E-state index contributed by atoms with van der Waals surface area (Å²) in [6, 6.07) is 16.8. The number of likely N-dealkylation sites (tertiary alicyclic amines) is 1. The summed E-state index contributed by atoms with van der Waals surface area (Å²) < 4.78 is 5.22. The van der Waals surface area contributed by atoms with Gasteiger partial charge in [0.25, 0.3) is 0 Å². The second-order valence-corrected chi connectivity index (χ2v) is 7.91. The zero-order valence-electron chi connectivity index (χ0n) is 16.2. The highest BCUT2D eigenvalue weighted by atomic mass is 16.6. The predicted molar refractivity (Wildman–Crippen MR) is 109 cm³/mol. The number of nitrogens with zero attached hydrogens (tertiary/aromatic N) is 1. The minimum Gasteiger partial charge on any atom is -0.444 e. The van der Waals surface area contributed by atoms with Crippen LogP contribution in [0.4, 0.5) is 4.79 Å². The molecule has 1 fully saturated rings. The van der Waals surface area contributed by atoms with Crippen LogP contribution in [0, 0.1) is 0 Å². The predicted octanol–water partition coefficient (Wildman–Crippen LogP) is 4.70. The van der Waals surface area contributed by atoms with Crippen molar-refractivity contribution in [3.8, 4) is 0 Å². The Morgan fingerprint density at radius 3 is 1.96 bits per heavy atom. The van der Waals surface area contributed by atoms with E-state index >= 15 is 0 Å². The van der Waals surface area contributed by atoms with Crippen molar-refractivity contribution in [3.05, 3.63) is 48.5 Å². The van der Waals surface area contributed by atoms with E-state index in [2.05, 4.69) is 53.5 Å². The van der Waals surface area contributed by atoms with Gasteiger partial charge in [0, 0.05) is 34.9 Å². The molecule has 2 heterocycles. The second-order valence-electron chi connectivity index (χ2n) is 7.91. The lowest BCUT2D eigenvalue weighted by atomic mass is 10.1. The van der Waals surface area contributed by atoms with E-state index in [9.17, 15) is 9.90 Å². The number of aromatic amines is 1. The van der Waals surface area contributed by atoms with Crippen LogP contribution in [0.5, 0.6) is 0 Å². The maximum Gasteiger partial charge on any atom is 0.410 e. The fourth-order valence-electron chi connectivity index (χ4n) is 3.17. The fourth-order valence-corrected chi connectivity index (χ4v) is 3.17. The van der Waals surface area contributed by atoms with Gasteiger partial charge in [-0.2, -0.15) is 0 Å². The molecule has 1 aliphatic heterocycles. The first-order chi connectivity index (χ1) is 12.8. The number of amides is 1.